The van der Waals surface area contributed by atoms with E-state index in [0.717, 1.165) is 64.4 Å². The van der Waals surface area contributed by atoms with Crippen LogP contribution < -0.4 is 9.64 Å². The van der Waals surface area contributed by atoms with Crippen LogP contribution in [0.25, 0.3) is 0 Å². The lowest BCUT2D eigenvalue weighted by molar-refractivity contribution is -0.159. The van der Waals surface area contributed by atoms with E-state index in [1.807, 2.05) is 12.1 Å². The average Bonchev–Trinajstić information content (AvgIpc) is 2.91. The van der Waals surface area contributed by atoms with E-state index in [0.29, 0.717) is 5.91 Å². The second-order valence-corrected chi connectivity index (χ2v) is 9.50. The molecule has 2 heterocycles. The molecule has 2 aromatic rings. The first kappa shape index (κ1) is 28.0. The Hall–Kier alpha value is -3.59. The summed E-state index contributed by atoms with van der Waals surface area (Å²) in [5.74, 6) is -2.17. The fraction of sp³-hybridized carbons (Fsp3) is 0.464. The zero-order valence-electron chi connectivity index (χ0n) is 21.9. The standard InChI is InChI=1S/C26H35N3O2.C2H2O4/c1-20-7-6-9-24(21(20)2)28-15-17-29(18-16-28)26(30)22-11-13-27(14-12-22)19-23-8-4-5-10-25(23)31-3;3-1(4)2(5)6/h4-10,22H,11-19H2,1-3H3;(H,3,4)(H,5,6). The van der Waals surface area contributed by atoms with Crippen LogP contribution in [0.3, 0.4) is 0 Å². The van der Waals surface area contributed by atoms with E-state index in [-0.39, 0.29) is 5.92 Å². The van der Waals surface area contributed by atoms with E-state index in [9.17, 15) is 4.79 Å². The third-order valence-corrected chi connectivity index (χ3v) is 7.21. The predicted molar refractivity (Wildman–Crippen MR) is 141 cm³/mol. The first-order chi connectivity index (χ1) is 17.7. The lowest BCUT2D eigenvalue weighted by Crippen LogP contribution is -2.51. The SMILES string of the molecule is COc1ccccc1CN1CCC(C(=O)N2CCN(c3cccc(C)c3C)CC2)CC1.O=C(O)C(=O)O. The smallest absolute Gasteiger partial charge is 0.414 e. The number of piperidine rings is 1. The van der Waals surface area contributed by atoms with Gasteiger partial charge in [0, 0.05) is 49.9 Å². The summed E-state index contributed by atoms with van der Waals surface area (Å²) in [7, 11) is 1.73. The number of amides is 1. The van der Waals surface area contributed by atoms with Crippen molar-refractivity contribution in [3.63, 3.8) is 0 Å². The third-order valence-electron chi connectivity index (χ3n) is 7.21. The number of para-hydroxylation sites is 1. The summed E-state index contributed by atoms with van der Waals surface area (Å²) >= 11 is 0. The van der Waals surface area contributed by atoms with Crippen molar-refractivity contribution in [2.24, 2.45) is 5.92 Å². The normalized spacial score (nSPS) is 16.5. The minimum absolute atomic E-state index is 0.168. The number of carboxylic acid groups (broad SMARTS) is 2. The number of carbonyl (C=O) groups is 3. The Labute approximate surface area is 218 Å². The molecule has 37 heavy (non-hydrogen) atoms. The molecule has 0 bridgehead atoms. The van der Waals surface area contributed by atoms with Gasteiger partial charge >= 0.3 is 11.9 Å². The van der Waals surface area contributed by atoms with Gasteiger partial charge in [-0.2, -0.15) is 0 Å². The van der Waals surface area contributed by atoms with E-state index in [4.69, 9.17) is 24.5 Å². The summed E-state index contributed by atoms with van der Waals surface area (Å²) in [6.45, 7) is 10.7. The number of hydrogen-bond donors (Lipinski definition) is 2. The Morgan fingerprint density at radius 1 is 0.865 bits per heavy atom. The number of anilines is 1. The second kappa shape index (κ2) is 13.1. The number of piperazine rings is 1. The van der Waals surface area contributed by atoms with E-state index in [2.05, 4.69) is 58.9 Å². The van der Waals surface area contributed by atoms with Crippen LogP contribution in [-0.2, 0) is 20.9 Å². The fourth-order valence-corrected chi connectivity index (χ4v) is 4.92. The van der Waals surface area contributed by atoms with Gasteiger partial charge in [0.1, 0.15) is 5.75 Å². The van der Waals surface area contributed by atoms with Crippen molar-refractivity contribution >= 4 is 23.5 Å². The Bertz CT molecular complexity index is 1080. The summed E-state index contributed by atoms with van der Waals surface area (Å²) in [5.41, 5.74) is 5.22. The number of carbonyl (C=O) groups excluding carboxylic acids is 1. The maximum absolute atomic E-state index is 13.2. The van der Waals surface area contributed by atoms with Gasteiger partial charge in [0.15, 0.2) is 0 Å². The summed E-state index contributed by atoms with van der Waals surface area (Å²) < 4.78 is 5.49. The molecule has 0 radical (unpaired) electrons. The Morgan fingerprint density at radius 2 is 1.49 bits per heavy atom. The summed E-state index contributed by atoms with van der Waals surface area (Å²) in [4.78, 5) is 38.3. The molecular formula is C28H37N3O6. The quantitative estimate of drug-likeness (QED) is 0.590. The highest BCUT2D eigenvalue weighted by molar-refractivity contribution is 6.27. The van der Waals surface area contributed by atoms with Crippen LogP contribution in [0.4, 0.5) is 5.69 Å². The molecule has 0 aliphatic carbocycles. The third kappa shape index (κ3) is 7.45. The van der Waals surface area contributed by atoms with E-state index >= 15 is 0 Å². The number of carboxylic acids is 2. The summed E-state index contributed by atoms with van der Waals surface area (Å²) in [5, 5.41) is 14.8. The molecule has 2 aliphatic rings. The van der Waals surface area contributed by atoms with Gasteiger partial charge in [0.2, 0.25) is 5.91 Å². The van der Waals surface area contributed by atoms with Gasteiger partial charge in [0.25, 0.3) is 0 Å². The zero-order chi connectivity index (χ0) is 26.9. The van der Waals surface area contributed by atoms with Crippen LogP contribution in [0, 0.1) is 19.8 Å². The molecule has 4 rings (SSSR count). The molecular weight excluding hydrogens is 474 g/mol. The molecule has 2 aliphatic heterocycles. The Kier molecular flexibility index (Phi) is 9.91. The predicted octanol–water partition coefficient (Wildman–Crippen LogP) is 3.03. The second-order valence-electron chi connectivity index (χ2n) is 9.50. The van der Waals surface area contributed by atoms with Crippen molar-refractivity contribution in [2.45, 2.75) is 33.2 Å². The zero-order valence-corrected chi connectivity index (χ0v) is 21.9. The summed E-state index contributed by atoms with van der Waals surface area (Å²) in [6, 6.07) is 14.7. The van der Waals surface area contributed by atoms with Crippen LogP contribution in [-0.4, -0.2) is 84.2 Å². The van der Waals surface area contributed by atoms with Crippen molar-refractivity contribution in [1.29, 1.82) is 0 Å². The van der Waals surface area contributed by atoms with Crippen LogP contribution in [0.5, 0.6) is 5.75 Å². The fourth-order valence-electron chi connectivity index (χ4n) is 4.92. The lowest BCUT2D eigenvalue weighted by atomic mass is 9.94. The van der Waals surface area contributed by atoms with Gasteiger partial charge in [0.05, 0.1) is 7.11 Å². The van der Waals surface area contributed by atoms with Crippen molar-refractivity contribution in [3.8, 4) is 5.75 Å². The van der Waals surface area contributed by atoms with Gasteiger partial charge < -0.3 is 24.7 Å². The molecule has 2 saturated heterocycles. The number of aryl methyl sites for hydroxylation is 1. The molecule has 2 aromatic carbocycles. The number of nitrogens with zero attached hydrogens (tertiary/aromatic N) is 3. The van der Waals surface area contributed by atoms with Crippen LogP contribution in [0.2, 0.25) is 0 Å². The number of likely N-dealkylation sites (tertiary alicyclic amines) is 1. The molecule has 0 atom stereocenters. The highest BCUT2D eigenvalue weighted by atomic mass is 16.5. The van der Waals surface area contributed by atoms with Gasteiger partial charge in [-0.05, 0) is 63.0 Å². The molecule has 2 N–H and O–H groups in total. The molecule has 200 valence electrons. The van der Waals surface area contributed by atoms with Gasteiger partial charge in [-0.1, -0.05) is 30.3 Å². The minimum atomic E-state index is -1.82. The first-order valence-corrected chi connectivity index (χ1v) is 12.6. The first-order valence-electron chi connectivity index (χ1n) is 12.6. The van der Waals surface area contributed by atoms with Crippen LogP contribution in [0.1, 0.15) is 29.5 Å². The average molecular weight is 512 g/mol. The monoisotopic (exact) mass is 511 g/mol. The number of hydrogen-bond acceptors (Lipinski definition) is 6. The Morgan fingerprint density at radius 3 is 2.08 bits per heavy atom. The van der Waals surface area contributed by atoms with Gasteiger partial charge in [-0.3, -0.25) is 9.69 Å². The topological polar surface area (TPSA) is 111 Å². The van der Waals surface area contributed by atoms with E-state index < -0.39 is 11.9 Å². The molecule has 1 amide bonds. The molecule has 9 heteroatoms. The van der Waals surface area contributed by atoms with Gasteiger partial charge in [-0.15, -0.1) is 0 Å². The number of benzene rings is 2. The van der Waals surface area contributed by atoms with Gasteiger partial charge in [-0.25, -0.2) is 9.59 Å². The molecule has 0 unspecified atom stereocenters. The Balaban J connectivity index is 0.000000568. The van der Waals surface area contributed by atoms with E-state index in [1.54, 1.807) is 7.11 Å². The highest BCUT2D eigenvalue weighted by Gasteiger charge is 2.31. The molecule has 0 saturated carbocycles. The minimum Gasteiger partial charge on any atom is -0.496 e. The summed E-state index contributed by atoms with van der Waals surface area (Å²) in [6.07, 6.45) is 1.90. The molecule has 9 nitrogen and oxygen atoms in total. The maximum atomic E-state index is 13.2. The number of rotatable bonds is 5. The van der Waals surface area contributed by atoms with Crippen molar-refractivity contribution < 1.29 is 29.3 Å². The molecule has 2 fully saturated rings. The van der Waals surface area contributed by atoms with E-state index in [1.165, 1.54) is 22.4 Å². The molecule has 0 spiro atoms. The number of aliphatic carboxylic acids is 2. The lowest BCUT2D eigenvalue weighted by Gasteiger charge is -2.40. The van der Waals surface area contributed by atoms with Crippen molar-refractivity contribution in [1.82, 2.24) is 9.80 Å². The van der Waals surface area contributed by atoms with Crippen molar-refractivity contribution in [2.75, 3.05) is 51.3 Å². The van der Waals surface area contributed by atoms with Crippen molar-refractivity contribution in [3.05, 3.63) is 59.2 Å². The maximum Gasteiger partial charge on any atom is 0.414 e. The number of ether oxygens (including phenoxy) is 1. The molecule has 0 aromatic heterocycles. The largest absolute Gasteiger partial charge is 0.496 e. The van der Waals surface area contributed by atoms with Crippen LogP contribution in [0.15, 0.2) is 42.5 Å². The highest BCUT2D eigenvalue weighted by Crippen LogP contribution is 2.27. The number of methoxy groups -OCH3 is 1. The van der Waals surface area contributed by atoms with Crippen LogP contribution >= 0.6 is 0 Å².